The number of rotatable bonds is 10. The zero-order valence-corrected chi connectivity index (χ0v) is 30.4. The molecule has 0 aliphatic rings. The number of ether oxygens (including phenoxy) is 2. The molecule has 12 nitrogen and oxygen atoms in total. The van der Waals surface area contributed by atoms with Crippen molar-refractivity contribution in [3.05, 3.63) is 65.4 Å². The van der Waals surface area contributed by atoms with Crippen LogP contribution in [0.1, 0.15) is 83.0 Å². The fourth-order valence-corrected chi connectivity index (χ4v) is 5.74. The fourth-order valence-electron chi connectivity index (χ4n) is 4.25. The van der Waals surface area contributed by atoms with Gasteiger partial charge in [0.25, 0.3) is 0 Å². The van der Waals surface area contributed by atoms with Crippen LogP contribution < -0.4 is 80.4 Å². The van der Waals surface area contributed by atoms with Crippen LogP contribution in [-0.2, 0) is 21.8 Å². The third-order valence-corrected chi connectivity index (χ3v) is 7.53. The second kappa shape index (κ2) is 15.8. The predicted octanol–water partition coefficient (Wildman–Crippen LogP) is -1.85. The van der Waals surface area contributed by atoms with Crippen LogP contribution in [0.3, 0.4) is 0 Å². The van der Waals surface area contributed by atoms with Gasteiger partial charge in [-0.15, -0.1) is 22.7 Å². The Labute approximate surface area is 307 Å². The van der Waals surface area contributed by atoms with Crippen LogP contribution in [-0.4, -0.2) is 44.5 Å². The number of thiazole rings is 2. The number of hydrogen-bond acceptors (Lipinski definition) is 10. The molecule has 4 aromatic rings. The van der Waals surface area contributed by atoms with Crippen molar-refractivity contribution in [3.8, 4) is 10.3 Å². The number of aromatic nitrogens is 6. The molecule has 0 saturated heterocycles. The first-order valence-electron chi connectivity index (χ1n) is 12.6. The minimum absolute atomic E-state index is 0. The first-order valence-corrected chi connectivity index (χ1v) is 14.4. The summed E-state index contributed by atoms with van der Waals surface area (Å²) in [5.41, 5.74) is -9.88. The number of nitrogens with zero attached hydrogens (tertiary/aromatic N) is 6. The molecule has 0 saturated carbocycles. The number of alkyl halides is 6. The maximum atomic E-state index is 14.6. The Morgan fingerprint density at radius 3 is 1.76 bits per heavy atom. The van der Waals surface area contributed by atoms with Crippen molar-refractivity contribution in [2.75, 3.05) is 13.2 Å². The van der Waals surface area contributed by atoms with Gasteiger partial charge in [-0.3, -0.25) is 4.79 Å². The molecule has 0 aliphatic carbocycles. The summed E-state index contributed by atoms with van der Waals surface area (Å²) >= 11 is 1.06. The van der Waals surface area contributed by atoms with Crippen LogP contribution in [0, 0.1) is 0 Å². The van der Waals surface area contributed by atoms with Gasteiger partial charge < -0.3 is 33.8 Å². The van der Waals surface area contributed by atoms with E-state index in [0.29, 0.717) is 22.7 Å². The van der Waals surface area contributed by atoms with E-state index in [0.717, 1.165) is 10.8 Å². The number of esters is 2. The molecule has 0 aliphatic heterocycles. The molecule has 4 rings (SSSR count). The fraction of sp³-hybridized carbons (Fsp3) is 0.417. The Hall–Kier alpha value is -2.20. The van der Waals surface area contributed by atoms with E-state index in [1.807, 2.05) is 0 Å². The van der Waals surface area contributed by atoms with Gasteiger partial charge >= 0.3 is 83.4 Å². The summed E-state index contributed by atoms with van der Waals surface area (Å²) in [5, 5.41) is 7.79. The largest absolute Gasteiger partial charge is 1.00 e. The maximum Gasteiger partial charge on any atom is 1.00 e. The molecule has 46 heavy (non-hydrogen) atoms. The third-order valence-electron chi connectivity index (χ3n) is 5.89. The SMILES string of the molecule is CCCC(c1c(C(F)(F)F)n(-c2nc(C(=O)OCC)cs2)[n-]c1=O)c1c(C(F)(F)F)[n-]n(-c2nc(C(=O)OCC)cs2)c1=O.[Na+].[Na+]. The standard InChI is InChI=1S/C24H22F6N6O6S2.2Na/c1-4-7-10(13-15(23(25,26)27)33-36(18(13)38)22-32-12(9-44-22)20(40)42-6-3)14-16(24(28,29)30)35(34-17(14)37)21-31-11(8-43-21)19(39)41-5-2;;/h8-10H,4-7H2,1-3H3,(H2,33,34,37,38);;/q;2*+1/p-2. The van der Waals surface area contributed by atoms with Gasteiger partial charge in [-0.1, -0.05) is 13.3 Å². The average molecular weight is 713 g/mol. The van der Waals surface area contributed by atoms with Crippen molar-refractivity contribution < 1.29 is 105 Å². The maximum absolute atomic E-state index is 14.6. The Bertz CT molecular complexity index is 1800. The van der Waals surface area contributed by atoms with Crippen LogP contribution in [0.2, 0.25) is 0 Å². The number of halogens is 6. The topological polar surface area (TPSA) is 151 Å². The second-order valence-corrected chi connectivity index (χ2v) is 10.4. The molecule has 0 N–H and O–H groups in total. The van der Waals surface area contributed by atoms with E-state index >= 15 is 0 Å². The van der Waals surface area contributed by atoms with E-state index in [4.69, 9.17) is 9.47 Å². The average Bonchev–Trinajstić information content (AvgIpc) is 3.71. The van der Waals surface area contributed by atoms with Gasteiger partial charge in [-0.25, -0.2) is 19.6 Å². The van der Waals surface area contributed by atoms with Gasteiger partial charge in [-0.05, 0) is 26.0 Å². The summed E-state index contributed by atoms with van der Waals surface area (Å²) in [4.78, 5) is 58.1. The molecule has 0 amide bonds. The van der Waals surface area contributed by atoms with Crippen molar-refractivity contribution in [3.63, 3.8) is 0 Å². The molecule has 4 heterocycles. The van der Waals surface area contributed by atoms with Gasteiger partial charge in [0.1, 0.15) is 5.69 Å². The van der Waals surface area contributed by atoms with Crippen LogP contribution >= 0.6 is 22.7 Å². The van der Waals surface area contributed by atoms with Gasteiger partial charge in [-0.2, -0.15) is 26.3 Å². The predicted molar refractivity (Wildman–Crippen MR) is 141 cm³/mol. The van der Waals surface area contributed by atoms with E-state index in [1.54, 1.807) is 0 Å². The first kappa shape index (κ1) is 40.0. The van der Waals surface area contributed by atoms with E-state index in [2.05, 4.69) is 20.2 Å². The molecule has 0 bridgehead atoms. The Kier molecular flexibility index (Phi) is 13.7. The quantitative estimate of drug-likeness (QED) is 0.104. The molecule has 0 aromatic carbocycles. The monoisotopic (exact) mass is 712 g/mol. The van der Waals surface area contributed by atoms with Gasteiger partial charge in [0.15, 0.2) is 21.7 Å². The molecule has 1 atom stereocenters. The van der Waals surface area contributed by atoms with Crippen molar-refractivity contribution in [2.24, 2.45) is 0 Å². The smallest absolute Gasteiger partial charge is 0.581 e. The number of carbonyl (C=O) groups is 2. The normalized spacial score (nSPS) is 12.3. The van der Waals surface area contributed by atoms with Crippen molar-refractivity contribution in [2.45, 2.75) is 51.9 Å². The summed E-state index contributed by atoms with van der Waals surface area (Å²) < 4.78 is 96.4. The molecular formula is C24H20F6N6Na2O6S2. The zero-order valence-electron chi connectivity index (χ0n) is 24.8. The summed E-state index contributed by atoms with van der Waals surface area (Å²) in [6.07, 6.45) is -11.3. The summed E-state index contributed by atoms with van der Waals surface area (Å²) in [7, 11) is 0. The third kappa shape index (κ3) is 8.08. The summed E-state index contributed by atoms with van der Waals surface area (Å²) in [6, 6.07) is 0. The number of carbonyl (C=O) groups excluding carboxylic acids is 2. The van der Waals surface area contributed by atoms with Crippen molar-refractivity contribution >= 4 is 34.6 Å². The van der Waals surface area contributed by atoms with Gasteiger partial charge in [0.05, 0.1) is 18.8 Å². The summed E-state index contributed by atoms with van der Waals surface area (Å²) in [5.74, 6) is -3.97. The van der Waals surface area contributed by atoms with E-state index in [-0.39, 0.29) is 99.5 Å². The molecular weight excluding hydrogens is 692 g/mol. The first-order chi connectivity index (χ1) is 20.6. The molecule has 1 unspecified atom stereocenters. The van der Waals surface area contributed by atoms with Crippen molar-refractivity contribution in [1.82, 2.24) is 29.5 Å². The Morgan fingerprint density at radius 1 is 0.826 bits per heavy atom. The van der Waals surface area contributed by atoms with E-state index in [1.165, 1.54) is 20.8 Å². The van der Waals surface area contributed by atoms with Crippen LogP contribution in [0.15, 0.2) is 20.3 Å². The van der Waals surface area contributed by atoms with Crippen LogP contribution in [0.5, 0.6) is 0 Å². The van der Waals surface area contributed by atoms with Gasteiger partial charge in [0, 0.05) is 27.8 Å². The summed E-state index contributed by atoms with van der Waals surface area (Å²) in [6.45, 7) is 4.31. The minimum Gasteiger partial charge on any atom is -0.581 e. The van der Waals surface area contributed by atoms with Crippen molar-refractivity contribution in [1.29, 1.82) is 0 Å². The van der Waals surface area contributed by atoms with E-state index < -0.39 is 80.5 Å². The van der Waals surface area contributed by atoms with E-state index in [9.17, 15) is 45.5 Å². The molecule has 0 spiro atoms. The molecule has 22 heteroatoms. The molecule has 4 aromatic heterocycles. The Morgan fingerprint density at radius 2 is 1.33 bits per heavy atom. The molecule has 0 fully saturated rings. The molecule has 0 radical (unpaired) electrons. The molecule has 238 valence electrons. The zero-order chi connectivity index (χ0) is 32.6. The van der Waals surface area contributed by atoms with Crippen LogP contribution in [0.4, 0.5) is 26.3 Å². The van der Waals surface area contributed by atoms with Crippen LogP contribution in [0.25, 0.3) is 10.3 Å². The van der Waals surface area contributed by atoms with Gasteiger partial charge in [0.2, 0.25) is 5.56 Å². The Balaban J connectivity index is 0.00000368. The second-order valence-electron chi connectivity index (χ2n) is 8.77. The number of hydrogen-bond donors (Lipinski definition) is 0. The minimum atomic E-state index is -5.38.